The molecule has 0 amide bonds. The average Bonchev–Trinajstić information content (AvgIpc) is 3.12. The molecule has 0 aromatic rings. The van der Waals surface area contributed by atoms with Crippen molar-refractivity contribution in [1.29, 1.82) is 0 Å². The number of hydrogen-bond donors (Lipinski definition) is 1. The Labute approximate surface area is 305 Å². The van der Waals surface area contributed by atoms with E-state index in [0.717, 1.165) is 83.5 Å². The molecular formula is C39H76O11. The summed E-state index contributed by atoms with van der Waals surface area (Å²) in [6.07, 6.45) is 5.46. The molecule has 2 fully saturated rings. The summed E-state index contributed by atoms with van der Waals surface area (Å²) in [5, 5.41) is 11.7. The fourth-order valence-electron chi connectivity index (χ4n) is 5.92. The lowest BCUT2D eigenvalue weighted by molar-refractivity contribution is -0.372. The number of unbranched alkanes of at least 4 members (excludes halogenated alkanes) is 6. The Balaban J connectivity index is 2.55. The van der Waals surface area contributed by atoms with Crippen LogP contribution in [0.4, 0.5) is 0 Å². The van der Waals surface area contributed by atoms with E-state index in [-0.39, 0.29) is 6.61 Å². The molecule has 298 valence electrons. The second-order valence-corrected chi connectivity index (χ2v) is 13.7. The number of ether oxygens (including phenoxy) is 10. The highest BCUT2D eigenvalue weighted by Crippen LogP contribution is 2.35. The second-order valence-electron chi connectivity index (χ2n) is 13.7. The molecule has 50 heavy (non-hydrogen) atoms. The minimum absolute atomic E-state index is 0.215. The molecule has 0 bridgehead atoms. The summed E-state index contributed by atoms with van der Waals surface area (Å²) in [5.41, 5.74) is 0. The zero-order valence-corrected chi connectivity index (χ0v) is 32.9. The molecule has 0 aromatic heterocycles. The smallest absolute Gasteiger partial charge is 0.187 e. The van der Waals surface area contributed by atoms with E-state index in [1.807, 2.05) is 0 Å². The molecule has 4 unspecified atom stereocenters. The first-order valence-corrected chi connectivity index (χ1v) is 20.4. The average molecular weight is 721 g/mol. The third kappa shape index (κ3) is 16.3. The Morgan fingerprint density at radius 3 is 1.32 bits per heavy atom. The van der Waals surface area contributed by atoms with Gasteiger partial charge in [-0.25, -0.2) is 0 Å². The molecule has 1 N–H and O–H groups in total. The highest BCUT2D eigenvalue weighted by atomic mass is 16.8. The molecule has 2 rings (SSSR count). The van der Waals surface area contributed by atoms with Gasteiger partial charge < -0.3 is 52.5 Å². The third-order valence-corrected chi connectivity index (χ3v) is 9.07. The van der Waals surface area contributed by atoms with Crippen LogP contribution in [0.25, 0.3) is 0 Å². The van der Waals surface area contributed by atoms with E-state index < -0.39 is 61.4 Å². The molecule has 11 nitrogen and oxygen atoms in total. The molecule has 2 aliphatic heterocycles. The van der Waals surface area contributed by atoms with Crippen LogP contribution < -0.4 is 0 Å². The van der Waals surface area contributed by atoms with Crippen LogP contribution in [0, 0.1) is 0 Å². The molecule has 11 heteroatoms. The van der Waals surface area contributed by atoms with Crippen LogP contribution in [0.15, 0.2) is 0 Å². The van der Waals surface area contributed by atoms with E-state index >= 15 is 0 Å². The molecule has 0 radical (unpaired) electrons. The van der Waals surface area contributed by atoms with Gasteiger partial charge in [0, 0.05) is 46.2 Å². The van der Waals surface area contributed by atoms with Crippen molar-refractivity contribution in [1.82, 2.24) is 0 Å². The van der Waals surface area contributed by atoms with E-state index in [2.05, 4.69) is 48.5 Å². The van der Waals surface area contributed by atoms with Gasteiger partial charge in [0.1, 0.15) is 48.8 Å². The van der Waals surface area contributed by atoms with Gasteiger partial charge in [0.05, 0.1) is 13.2 Å². The van der Waals surface area contributed by atoms with Crippen molar-refractivity contribution in [3.8, 4) is 0 Å². The lowest BCUT2D eigenvalue weighted by Gasteiger charge is -2.49. The first kappa shape index (κ1) is 45.7. The molecule has 2 aliphatic rings. The standard InChI is InChI=1S/C39H76O11/c1-8-15-22-41-28-30-32(40)34(43-24-17-10-3)36(45-26-19-12-5)39(48-30)50-33-31(29-42-23-16-9-2)49-38(47-21-14-7)37(46-27-20-13-6)35(33)44-25-18-11-4/h30-40H,8-29H2,1-7H3/t30?,31?,32-,33+,34+,35+,36?,37?,38+,39-/m1/s1. The van der Waals surface area contributed by atoms with Gasteiger partial charge >= 0.3 is 0 Å². The van der Waals surface area contributed by atoms with Crippen LogP contribution in [-0.2, 0) is 47.4 Å². The highest BCUT2D eigenvalue weighted by molar-refractivity contribution is 4.97. The van der Waals surface area contributed by atoms with Crippen LogP contribution >= 0.6 is 0 Å². The normalized spacial score (nSPS) is 30.2. The molecule has 0 aliphatic carbocycles. The van der Waals surface area contributed by atoms with Crippen LogP contribution in [0.3, 0.4) is 0 Å². The molecule has 0 saturated carbocycles. The van der Waals surface area contributed by atoms with Crippen molar-refractivity contribution in [2.24, 2.45) is 0 Å². The van der Waals surface area contributed by atoms with Gasteiger partial charge in [-0.2, -0.15) is 0 Å². The van der Waals surface area contributed by atoms with Crippen molar-refractivity contribution in [2.45, 2.75) is 193 Å². The summed E-state index contributed by atoms with van der Waals surface area (Å²) in [6, 6.07) is 0. The Morgan fingerprint density at radius 1 is 0.400 bits per heavy atom. The summed E-state index contributed by atoms with van der Waals surface area (Å²) in [6.45, 7) is 19.2. The number of rotatable bonds is 31. The third-order valence-electron chi connectivity index (χ3n) is 9.07. The van der Waals surface area contributed by atoms with E-state index in [1.54, 1.807) is 0 Å². The summed E-state index contributed by atoms with van der Waals surface area (Å²) >= 11 is 0. The topological polar surface area (TPSA) is 113 Å². The Morgan fingerprint density at radius 2 is 0.820 bits per heavy atom. The lowest BCUT2D eigenvalue weighted by atomic mass is 9.96. The van der Waals surface area contributed by atoms with E-state index in [0.29, 0.717) is 52.9 Å². The van der Waals surface area contributed by atoms with Crippen LogP contribution in [0.2, 0.25) is 0 Å². The number of aliphatic hydroxyl groups excluding tert-OH is 1. The monoisotopic (exact) mass is 721 g/mol. The Bertz CT molecular complexity index is 776. The first-order valence-electron chi connectivity index (χ1n) is 20.4. The summed E-state index contributed by atoms with van der Waals surface area (Å²) in [7, 11) is 0. The maximum Gasteiger partial charge on any atom is 0.187 e. The second kappa shape index (κ2) is 29.0. The van der Waals surface area contributed by atoms with Gasteiger partial charge in [0.15, 0.2) is 12.6 Å². The highest BCUT2D eigenvalue weighted by Gasteiger charge is 2.53. The fourth-order valence-corrected chi connectivity index (χ4v) is 5.92. The Kier molecular flexibility index (Phi) is 26.5. The SMILES string of the molecule is CCCCOCC1O[C@H](O[C@H]2C(COCCCC)O[C@H](OCCC)C(OCCCC)[C@H]2OCCCC)C(OCCCC)[C@@H](OCCCC)[C@@H]1O. The van der Waals surface area contributed by atoms with E-state index in [9.17, 15) is 5.11 Å². The van der Waals surface area contributed by atoms with Crippen molar-refractivity contribution in [3.05, 3.63) is 0 Å². The van der Waals surface area contributed by atoms with Crippen LogP contribution in [0.1, 0.15) is 132 Å². The zero-order valence-electron chi connectivity index (χ0n) is 32.9. The first-order chi connectivity index (χ1) is 24.5. The van der Waals surface area contributed by atoms with Gasteiger partial charge in [-0.1, -0.05) is 87.0 Å². The van der Waals surface area contributed by atoms with Crippen molar-refractivity contribution < 1.29 is 52.5 Å². The van der Waals surface area contributed by atoms with E-state index in [4.69, 9.17) is 47.4 Å². The quantitative estimate of drug-likeness (QED) is 0.0749. The molecule has 2 heterocycles. The summed E-state index contributed by atoms with van der Waals surface area (Å²) in [4.78, 5) is 0. The summed E-state index contributed by atoms with van der Waals surface area (Å²) < 4.78 is 65.0. The van der Waals surface area contributed by atoms with Crippen LogP contribution in [0.5, 0.6) is 0 Å². The Hall–Kier alpha value is -0.440. The lowest BCUT2D eigenvalue weighted by Crippen LogP contribution is -2.66. The summed E-state index contributed by atoms with van der Waals surface area (Å²) in [5.74, 6) is 0. The van der Waals surface area contributed by atoms with Gasteiger partial charge in [0.2, 0.25) is 0 Å². The zero-order chi connectivity index (χ0) is 36.4. The molecule has 0 aromatic carbocycles. The molecule has 0 spiro atoms. The fraction of sp³-hybridized carbons (Fsp3) is 1.00. The molecular weight excluding hydrogens is 644 g/mol. The minimum atomic E-state index is -0.954. The minimum Gasteiger partial charge on any atom is -0.387 e. The number of aliphatic hydroxyl groups is 1. The van der Waals surface area contributed by atoms with Gasteiger partial charge in [-0.05, 0) is 44.9 Å². The van der Waals surface area contributed by atoms with Crippen molar-refractivity contribution >= 4 is 0 Å². The van der Waals surface area contributed by atoms with Crippen molar-refractivity contribution in [2.75, 3.05) is 59.5 Å². The number of hydrogen-bond acceptors (Lipinski definition) is 11. The maximum atomic E-state index is 11.7. The van der Waals surface area contributed by atoms with E-state index in [1.165, 1.54) is 0 Å². The van der Waals surface area contributed by atoms with Crippen molar-refractivity contribution in [3.63, 3.8) is 0 Å². The molecule has 10 atom stereocenters. The largest absolute Gasteiger partial charge is 0.387 e. The van der Waals surface area contributed by atoms with Gasteiger partial charge in [-0.3, -0.25) is 0 Å². The van der Waals surface area contributed by atoms with Crippen LogP contribution in [-0.4, -0.2) is 126 Å². The van der Waals surface area contributed by atoms with Gasteiger partial charge in [0.25, 0.3) is 0 Å². The predicted octanol–water partition coefficient (Wildman–Crippen LogP) is 6.98. The predicted molar refractivity (Wildman–Crippen MR) is 194 cm³/mol. The molecule has 2 saturated heterocycles. The maximum absolute atomic E-state index is 11.7. The van der Waals surface area contributed by atoms with Gasteiger partial charge in [-0.15, -0.1) is 0 Å².